The van der Waals surface area contributed by atoms with Crippen LogP contribution < -0.4 is 15.4 Å². The lowest BCUT2D eigenvalue weighted by atomic mass is 10.0. The van der Waals surface area contributed by atoms with E-state index >= 15 is 0 Å². The van der Waals surface area contributed by atoms with E-state index < -0.39 is 0 Å². The van der Waals surface area contributed by atoms with E-state index in [0.29, 0.717) is 6.54 Å². The van der Waals surface area contributed by atoms with Gasteiger partial charge in [0.25, 0.3) is 0 Å². The lowest BCUT2D eigenvalue weighted by molar-refractivity contribution is 0.0283. The Balaban J connectivity index is 1.81. The molecule has 0 bridgehead atoms. The van der Waals surface area contributed by atoms with Crippen LogP contribution in [0.4, 0.5) is 0 Å². The highest BCUT2D eigenvalue weighted by Crippen LogP contribution is 2.24. The Labute approximate surface area is 139 Å². The number of hydrogen-bond donors (Lipinski definition) is 2. The number of methoxy groups -OCH3 is 1. The van der Waals surface area contributed by atoms with Crippen LogP contribution in [0.15, 0.2) is 29.3 Å². The van der Waals surface area contributed by atoms with Crippen molar-refractivity contribution in [2.45, 2.75) is 38.7 Å². The highest BCUT2D eigenvalue weighted by molar-refractivity contribution is 5.79. The van der Waals surface area contributed by atoms with Gasteiger partial charge < -0.3 is 20.1 Å². The molecule has 1 saturated heterocycles. The van der Waals surface area contributed by atoms with Crippen LogP contribution in [0.3, 0.4) is 0 Å². The molecule has 1 unspecified atom stereocenters. The molecule has 2 rings (SSSR count). The maximum Gasteiger partial charge on any atom is 0.191 e. The van der Waals surface area contributed by atoms with Crippen molar-refractivity contribution in [1.82, 2.24) is 10.6 Å². The first-order valence-corrected chi connectivity index (χ1v) is 8.44. The summed E-state index contributed by atoms with van der Waals surface area (Å²) in [5, 5.41) is 6.68. The maximum absolute atomic E-state index is 5.79. The Hall–Kier alpha value is -1.75. The SMILES string of the molecule is CCNC(=NCC1(C)CCCO1)NCCc1ccc(OC)cc1. The van der Waals surface area contributed by atoms with Crippen LogP contribution in [-0.4, -0.2) is 44.9 Å². The van der Waals surface area contributed by atoms with E-state index in [0.717, 1.165) is 50.7 Å². The van der Waals surface area contributed by atoms with Crippen LogP contribution in [0, 0.1) is 0 Å². The first-order chi connectivity index (χ1) is 11.1. The summed E-state index contributed by atoms with van der Waals surface area (Å²) in [6.07, 6.45) is 3.16. The minimum absolute atomic E-state index is 0.0989. The van der Waals surface area contributed by atoms with Gasteiger partial charge in [-0.05, 0) is 50.8 Å². The summed E-state index contributed by atoms with van der Waals surface area (Å²) in [6, 6.07) is 8.18. The minimum Gasteiger partial charge on any atom is -0.497 e. The van der Waals surface area contributed by atoms with Crippen molar-refractivity contribution < 1.29 is 9.47 Å². The fourth-order valence-electron chi connectivity index (χ4n) is 2.67. The molecule has 2 N–H and O–H groups in total. The molecule has 1 aliphatic heterocycles. The summed E-state index contributed by atoms with van der Waals surface area (Å²) in [7, 11) is 1.68. The average molecular weight is 319 g/mol. The van der Waals surface area contributed by atoms with Gasteiger partial charge in [-0.1, -0.05) is 12.1 Å². The molecule has 0 aromatic heterocycles. The van der Waals surface area contributed by atoms with Gasteiger partial charge in [0, 0.05) is 19.7 Å². The first-order valence-electron chi connectivity index (χ1n) is 8.44. The number of benzene rings is 1. The van der Waals surface area contributed by atoms with Crippen LogP contribution in [-0.2, 0) is 11.2 Å². The second-order valence-corrected chi connectivity index (χ2v) is 6.12. The minimum atomic E-state index is -0.0989. The number of ether oxygens (including phenoxy) is 2. The smallest absolute Gasteiger partial charge is 0.191 e. The van der Waals surface area contributed by atoms with Gasteiger partial charge in [0.15, 0.2) is 5.96 Å². The third-order valence-corrected chi connectivity index (χ3v) is 4.08. The van der Waals surface area contributed by atoms with Gasteiger partial charge in [0.05, 0.1) is 19.3 Å². The van der Waals surface area contributed by atoms with Gasteiger partial charge in [-0.2, -0.15) is 0 Å². The molecule has 0 radical (unpaired) electrons. The van der Waals surface area contributed by atoms with E-state index in [2.05, 4.69) is 41.6 Å². The molecule has 1 fully saturated rings. The number of rotatable bonds is 7. The molecular formula is C18H29N3O2. The van der Waals surface area contributed by atoms with Crippen molar-refractivity contribution in [2.24, 2.45) is 4.99 Å². The number of nitrogens with zero attached hydrogens (tertiary/aromatic N) is 1. The van der Waals surface area contributed by atoms with Crippen LogP contribution in [0.25, 0.3) is 0 Å². The van der Waals surface area contributed by atoms with E-state index in [1.54, 1.807) is 7.11 Å². The molecule has 1 atom stereocenters. The van der Waals surface area contributed by atoms with Crippen LogP contribution >= 0.6 is 0 Å². The molecule has 0 aliphatic carbocycles. The summed E-state index contributed by atoms with van der Waals surface area (Å²) in [5.41, 5.74) is 1.18. The Morgan fingerprint density at radius 2 is 2.09 bits per heavy atom. The predicted octanol–water partition coefficient (Wildman–Crippen LogP) is 2.36. The van der Waals surface area contributed by atoms with Crippen molar-refractivity contribution >= 4 is 5.96 Å². The molecule has 0 spiro atoms. The lowest BCUT2D eigenvalue weighted by Crippen LogP contribution is -2.40. The maximum atomic E-state index is 5.79. The van der Waals surface area contributed by atoms with Crippen molar-refractivity contribution in [3.8, 4) is 5.75 Å². The zero-order valence-corrected chi connectivity index (χ0v) is 14.5. The Bertz CT molecular complexity index is 493. The number of aliphatic imine (C=N–C) groups is 1. The molecule has 0 saturated carbocycles. The Morgan fingerprint density at radius 3 is 2.70 bits per heavy atom. The van der Waals surface area contributed by atoms with Gasteiger partial charge in [-0.3, -0.25) is 4.99 Å². The zero-order chi connectivity index (χ0) is 16.5. The first kappa shape index (κ1) is 17.6. The van der Waals surface area contributed by atoms with E-state index in [9.17, 15) is 0 Å². The molecule has 1 heterocycles. The molecular weight excluding hydrogens is 290 g/mol. The normalized spacial score (nSPS) is 21.3. The van der Waals surface area contributed by atoms with E-state index in [1.165, 1.54) is 5.56 Å². The lowest BCUT2D eigenvalue weighted by Gasteiger charge is -2.21. The Morgan fingerprint density at radius 1 is 1.30 bits per heavy atom. The fourth-order valence-corrected chi connectivity index (χ4v) is 2.67. The van der Waals surface area contributed by atoms with Crippen LogP contribution in [0.2, 0.25) is 0 Å². The third kappa shape index (κ3) is 5.75. The van der Waals surface area contributed by atoms with Gasteiger partial charge >= 0.3 is 0 Å². The fraction of sp³-hybridized carbons (Fsp3) is 0.611. The van der Waals surface area contributed by atoms with E-state index in [1.807, 2.05) is 12.1 Å². The molecule has 1 aromatic carbocycles. The second kappa shape index (κ2) is 8.77. The third-order valence-electron chi connectivity index (χ3n) is 4.08. The zero-order valence-electron chi connectivity index (χ0n) is 14.5. The van der Waals surface area contributed by atoms with E-state index in [4.69, 9.17) is 9.47 Å². The predicted molar refractivity (Wildman–Crippen MR) is 94.3 cm³/mol. The standard InChI is InChI=1S/C18H29N3O2/c1-4-19-17(21-14-18(2)11-5-13-23-18)20-12-10-15-6-8-16(22-3)9-7-15/h6-9H,4-5,10-14H2,1-3H3,(H2,19,20,21). The van der Waals surface area contributed by atoms with E-state index in [-0.39, 0.29) is 5.60 Å². The van der Waals surface area contributed by atoms with Gasteiger partial charge in [0.1, 0.15) is 5.75 Å². The molecule has 0 amide bonds. The van der Waals surface area contributed by atoms with Gasteiger partial charge in [-0.15, -0.1) is 0 Å². The van der Waals surface area contributed by atoms with Crippen molar-refractivity contribution in [3.63, 3.8) is 0 Å². The molecule has 1 aliphatic rings. The summed E-state index contributed by atoms with van der Waals surface area (Å²) in [5.74, 6) is 1.75. The number of guanidine groups is 1. The highest BCUT2D eigenvalue weighted by atomic mass is 16.5. The molecule has 128 valence electrons. The van der Waals surface area contributed by atoms with Crippen molar-refractivity contribution in [2.75, 3.05) is 33.4 Å². The monoisotopic (exact) mass is 319 g/mol. The van der Waals surface area contributed by atoms with Crippen LogP contribution in [0.1, 0.15) is 32.3 Å². The summed E-state index contributed by atoms with van der Waals surface area (Å²) in [6.45, 7) is 7.47. The molecule has 1 aromatic rings. The largest absolute Gasteiger partial charge is 0.497 e. The van der Waals surface area contributed by atoms with Crippen molar-refractivity contribution in [3.05, 3.63) is 29.8 Å². The highest BCUT2D eigenvalue weighted by Gasteiger charge is 2.29. The topological polar surface area (TPSA) is 54.9 Å². The molecule has 5 nitrogen and oxygen atoms in total. The second-order valence-electron chi connectivity index (χ2n) is 6.12. The summed E-state index contributed by atoms with van der Waals surface area (Å²) < 4.78 is 11.0. The molecule has 23 heavy (non-hydrogen) atoms. The summed E-state index contributed by atoms with van der Waals surface area (Å²) >= 11 is 0. The number of nitrogens with one attached hydrogen (secondary N) is 2. The van der Waals surface area contributed by atoms with Crippen molar-refractivity contribution in [1.29, 1.82) is 0 Å². The van der Waals surface area contributed by atoms with Crippen LogP contribution in [0.5, 0.6) is 5.75 Å². The quantitative estimate of drug-likeness (QED) is 0.598. The van der Waals surface area contributed by atoms with Gasteiger partial charge in [-0.25, -0.2) is 0 Å². The Kier molecular flexibility index (Phi) is 6.71. The summed E-state index contributed by atoms with van der Waals surface area (Å²) in [4.78, 5) is 4.68. The molecule has 5 heteroatoms. The van der Waals surface area contributed by atoms with Gasteiger partial charge in [0.2, 0.25) is 0 Å². The average Bonchev–Trinajstić information content (AvgIpc) is 3.00. The number of hydrogen-bond acceptors (Lipinski definition) is 3.